The normalized spacial score (nSPS) is 20.9. The van der Waals surface area contributed by atoms with Gasteiger partial charge in [0.2, 0.25) is 0 Å². The topological polar surface area (TPSA) is 59.3 Å². The van der Waals surface area contributed by atoms with Crippen LogP contribution in [0.5, 0.6) is 0 Å². The molecule has 1 aliphatic carbocycles. The zero-order valence-electron chi connectivity index (χ0n) is 12.1. The first-order chi connectivity index (χ1) is 9.33. The van der Waals surface area contributed by atoms with Crippen molar-refractivity contribution in [1.29, 1.82) is 5.26 Å². The van der Waals surface area contributed by atoms with E-state index in [-0.39, 0.29) is 0 Å². The molecule has 0 spiro atoms. The zero-order valence-corrected chi connectivity index (χ0v) is 13.1. The minimum Gasteiger partial charge on any atom is -0.465 e. The number of fused-ring (bicyclic) bond motifs is 1. The number of ether oxygens (including phenoxy) is 1. The smallest absolute Gasteiger partial charge is 0.338 e. The summed E-state index contributed by atoms with van der Waals surface area (Å²) in [5, 5.41) is 9.65. The quantitative estimate of drug-likeness (QED) is 0.633. The summed E-state index contributed by atoms with van der Waals surface area (Å²) in [4.78, 5) is 11.9. The number of carbonyl (C=O) groups excluding carboxylic acids is 1. The van der Waals surface area contributed by atoms with Crippen LogP contribution in [0, 0.1) is 11.3 Å². The SMILES string of the molecule is COC(=O)C1=CC(C#N)(O[Si](C)(C)C)c2ccccc21. The van der Waals surface area contributed by atoms with Crippen molar-refractivity contribution in [1.82, 2.24) is 0 Å². The molecular weight excluding hydrogens is 270 g/mol. The standard InChI is InChI=1S/C15H17NO3Si/c1-18-14(17)12-9-15(10-16,19-20(2,3)4)13-8-6-5-7-11(12)13/h5-9H,1-4H3. The zero-order chi connectivity index (χ0) is 15.0. The van der Waals surface area contributed by atoms with Gasteiger partial charge in [-0.25, -0.2) is 4.79 Å². The number of hydrogen-bond acceptors (Lipinski definition) is 4. The lowest BCUT2D eigenvalue weighted by Crippen LogP contribution is -2.37. The van der Waals surface area contributed by atoms with Crippen molar-refractivity contribution in [2.45, 2.75) is 25.2 Å². The Morgan fingerprint density at radius 2 is 1.95 bits per heavy atom. The molecule has 5 heteroatoms. The average molecular weight is 287 g/mol. The minimum atomic E-state index is -1.98. The van der Waals surface area contributed by atoms with Gasteiger partial charge in [0, 0.05) is 5.56 Å². The third-order valence-corrected chi connectivity index (χ3v) is 3.94. The van der Waals surface area contributed by atoms with Gasteiger partial charge in [0.15, 0.2) is 13.9 Å². The fourth-order valence-electron chi connectivity index (χ4n) is 2.36. The van der Waals surface area contributed by atoms with Crippen molar-refractivity contribution in [2.75, 3.05) is 7.11 Å². The second-order valence-corrected chi connectivity index (χ2v) is 10.1. The minimum absolute atomic E-state index is 0.392. The Labute approximate surface area is 119 Å². The van der Waals surface area contributed by atoms with E-state index in [2.05, 4.69) is 6.07 Å². The number of methoxy groups -OCH3 is 1. The van der Waals surface area contributed by atoms with E-state index < -0.39 is 19.9 Å². The number of carbonyl (C=O) groups is 1. The lowest BCUT2D eigenvalue weighted by molar-refractivity contribution is -0.133. The molecule has 0 bridgehead atoms. The molecule has 20 heavy (non-hydrogen) atoms. The van der Waals surface area contributed by atoms with Crippen LogP contribution >= 0.6 is 0 Å². The van der Waals surface area contributed by atoms with E-state index in [9.17, 15) is 10.1 Å². The third kappa shape index (κ3) is 2.40. The maximum absolute atomic E-state index is 11.9. The molecule has 2 rings (SSSR count). The van der Waals surface area contributed by atoms with E-state index in [0.29, 0.717) is 16.7 Å². The van der Waals surface area contributed by atoms with Crippen LogP contribution < -0.4 is 0 Å². The molecule has 0 amide bonds. The van der Waals surface area contributed by atoms with Gasteiger partial charge in [0.05, 0.1) is 12.7 Å². The van der Waals surface area contributed by atoms with E-state index >= 15 is 0 Å². The molecule has 1 atom stereocenters. The van der Waals surface area contributed by atoms with E-state index in [1.165, 1.54) is 7.11 Å². The van der Waals surface area contributed by atoms with E-state index in [0.717, 1.165) is 0 Å². The predicted molar refractivity (Wildman–Crippen MR) is 78.2 cm³/mol. The Kier molecular flexibility index (Phi) is 3.55. The van der Waals surface area contributed by atoms with Gasteiger partial charge in [-0.1, -0.05) is 24.3 Å². The summed E-state index contributed by atoms with van der Waals surface area (Å²) < 4.78 is 10.9. The second kappa shape index (κ2) is 4.89. The number of nitriles is 1. The van der Waals surface area contributed by atoms with E-state index in [4.69, 9.17) is 9.16 Å². The summed E-state index contributed by atoms with van der Waals surface area (Å²) in [6, 6.07) is 9.53. The van der Waals surface area contributed by atoms with Gasteiger partial charge in [0.25, 0.3) is 0 Å². The van der Waals surface area contributed by atoms with Crippen LogP contribution in [0.25, 0.3) is 5.57 Å². The molecular formula is C15H17NO3Si. The maximum atomic E-state index is 11.9. The molecule has 0 saturated carbocycles. The number of rotatable bonds is 3. The van der Waals surface area contributed by atoms with Gasteiger partial charge < -0.3 is 9.16 Å². The summed E-state index contributed by atoms with van der Waals surface area (Å²) in [5.41, 5.74) is 0.622. The van der Waals surface area contributed by atoms with Gasteiger partial charge in [0.1, 0.15) is 6.07 Å². The number of benzene rings is 1. The fraction of sp³-hybridized carbons (Fsp3) is 0.333. The first-order valence-electron chi connectivity index (χ1n) is 6.35. The lowest BCUT2D eigenvalue weighted by atomic mass is 9.97. The molecule has 1 aromatic carbocycles. The van der Waals surface area contributed by atoms with Crippen LogP contribution in [-0.4, -0.2) is 21.4 Å². The van der Waals surface area contributed by atoms with Crippen molar-refractivity contribution >= 4 is 19.9 Å². The monoisotopic (exact) mass is 287 g/mol. The van der Waals surface area contributed by atoms with Gasteiger partial charge in [-0.05, 0) is 31.3 Å². The van der Waals surface area contributed by atoms with Crippen LogP contribution in [0.4, 0.5) is 0 Å². The largest absolute Gasteiger partial charge is 0.465 e. The van der Waals surface area contributed by atoms with Gasteiger partial charge in [-0.3, -0.25) is 0 Å². The summed E-state index contributed by atoms with van der Waals surface area (Å²) in [7, 11) is -0.647. The van der Waals surface area contributed by atoms with Crippen LogP contribution in [-0.2, 0) is 19.6 Å². The van der Waals surface area contributed by atoms with Crippen molar-refractivity contribution in [3.05, 3.63) is 41.5 Å². The maximum Gasteiger partial charge on any atom is 0.338 e. The number of nitrogens with zero attached hydrogens (tertiary/aromatic N) is 1. The van der Waals surface area contributed by atoms with Crippen LogP contribution in [0.15, 0.2) is 30.3 Å². The summed E-state index contributed by atoms with van der Waals surface area (Å²) in [6.07, 6.45) is 1.59. The van der Waals surface area contributed by atoms with Crippen molar-refractivity contribution in [3.63, 3.8) is 0 Å². The Balaban J connectivity index is 2.62. The van der Waals surface area contributed by atoms with Crippen LogP contribution in [0.2, 0.25) is 19.6 Å². The molecule has 1 unspecified atom stereocenters. The third-order valence-electron chi connectivity index (χ3n) is 3.00. The van der Waals surface area contributed by atoms with Gasteiger partial charge in [-0.15, -0.1) is 0 Å². The molecule has 4 nitrogen and oxygen atoms in total. The Morgan fingerprint density at radius 3 is 2.50 bits per heavy atom. The first-order valence-corrected chi connectivity index (χ1v) is 9.76. The molecule has 0 saturated heterocycles. The lowest BCUT2D eigenvalue weighted by Gasteiger charge is -2.29. The van der Waals surface area contributed by atoms with Crippen molar-refractivity contribution < 1.29 is 14.0 Å². The fourth-order valence-corrected chi connectivity index (χ4v) is 3.54. The average Bonchev–Trinajstić information content (AvgIpc) is 2.72. The number of esters is 1. The summed E-state index contributed by atoms with van der Waals surface area (Å²) in [6.45, 7) is 6.04. The molecule has 1 aromatic rings. The summed E-state index contributed by atoms with van der Waals surface area (Å²) >= 11 is 0. The van der Waals surface area contributed by atoms with E-state index in [1.807, 2.05) is 43.9 Å². The van der Waals surface area contributed by atoms with Crippen LogP contribution in [0.3, 0.4) is 0 Å². The predicted octanol–water partition coefficient (Wildman–Crippen LogP) is 2.83. The molecule has 0 aromatic heterocycles. The Hall–Kier alpha value is -1.90. The molecule has 0 aliphatic heterocycles. The second-order valence-electron chi connectivity index (χ2n) is 5.66. The molecule has 1 aliphatic rings. The van der Waals surface area contributed by atoms with E-state index in [1.54, 1.807) is 6.08 Å². The van der Waals surface area contributed by atoms with Gasteiger partial charge >= 0.3 is 5.97 Å². The number of hydrogen-bond donors (Lipinski definition) is 0. The molecule has 0 fully saturated rings. The summed E-state index contributed by atoms with van der Waals surface area (Å²) in [5.74, 6) is -0.450. The Morgan fingerprint density at radius 1 is 1.30 bits per heavy atom. The highest BCUT2D eigenvalue weighted by atomic mass is 28.4. The highest BCUT2D eigenvalue weighted by Gasteiger charge is 2.44. The molecule has 0 heterocycles. The van der Waals surface area contributed by atoms with Crippen LogP contribution in [0.1, 0.15) is 11.1 Å². The highest BCUT2D eigenvalue weighted by Crippen LogP contribution is 2.43. The molecule has 0 N–H and O–H groups in total. The highest BCUT2D eigenvalue weighted by molar-refractivity contribution is 6.69. The molecule has 104 valence electrons. The Bertz CT molecular complexity index is 625. The van der Waals surface area contributed by atoms with Gasteiger partial charge in [-0.2, -0.15) is 5.26 Å². The molecule has 0 radical (unpaired) electrons. The van der Waals surface area contributed by atoms with Crippen molar-refractivity contribution in [3.8, 4) is 6.07 Å². The first kappa shape index (κ1) is 14.5. The van der Waals surface area contributed by atoms with Crippen molar-refractivity contribution in [2.24, 2.45) is 0 Å².